The van der Waals surface area contributed by atoms with E-state index in [1.54, 1.807) is 41.3 Å². The van der Waals surface area contributed by atoms with Gasteiger partial charge in [0.15, 0.2) is 18.1 Å². The first-order chi connectivity index (χ1) is 13.1. The van der Waals surface area contributed by atoms with Gasteiger partial charge in [-0.05, 0) is 6.07 Å². The minimum atomic E-state index is -1.82. The molecule has 0 aliphatic carbocycles. The molecule has 0 aromatic heterocycles. The molecule has 2 aliphatic heterocycles. The van der Waals surface area contributed by atoms with Crippen molar-refractivity contribution in [2.45, 2.75) is 12.0 Å². The number of carbonyl (C=O) groups excluding carboxylic acids is 2. The Balaban J connectivity index is 1.62. The van der Waals surface area contributed by atoms with Crippen molar-refractivity contribution in [3.05, 3.63) is 65.7 Å². The highest BCUT2D eigenvalue weighted by atomic mass is 16.5. The van der Waals surface area contributed by atoms with Crippen molar-refractivity contribution in [1.82, 2.24) is 0 Å². The van der Waals surface area contributed by atoms with Gasteiger partial charge in [0.25, 0.3) is 5.91 Å². The minimum Gasteiger partial charge on any atom is -0.375 e. The van der Waals surface area contributed by atoms with Crippen LogP contribution in [0, 0.1) is 0 Å². The maximum absolute atomic E-state index is 13.2. The first-order valence-corrected chi connectivity index (χ1v) is 9.23. The van der Waals surface area contributed by atoms with Crippen molar-refractivity contribution >= 4 is 17.4 Å². The van der Waals surface area contributed by atoms with E-state index in [0.29, 0.717) is 36.7 Å². The number of quaternary nitrogens is 1. The van der Waals surface area contributed by atoms with Gasteiger partial charge in [0.05, 0.1) is 25.3 Å². The number of anilines is 1. The van der Waals surface area contributed by atoms with Crippen LogP contribution < -0.4 is 9.80 Å². The number of benzene rings is 2. The molecule has 0 spiro atoms. The highest BCUT2D eigenvalue weighted by Crippen LogP contribution is 2.42. The Labute approximate surface area is 158 Å². The zero-order valence-electron chi connectivity index (χ0n) is 15.1. The summed E-state index contributed by atoms with van der Waals surface area (Å²) >= 11 is 0. The van der Waals surface area contributed by atoms with E-state index in [1.807, 2.05) is 18.2 Å². The lowest BCUT2D eigenvalue weighted by molar-refractivity contribution is -0.906. The largest absolute Gasteiger partial charge is 0.375 e. The standard InChI is InChI=1S/C21H22N2O4/c24-19(16-6-2-1-3-7-16)14-21(26)17-8-4-5-9-18(17)23(20(21)25)15-22-10-12-27-13-11-22/h1-9,26H,10-15H2/p+1. The molecule has 1 amide bonds. The third kappa shape index (κ3) is 3.27. The van der Waals surface area contributed by atoms with Crippen LogP contribution in [-0.2, 0) is 15.1 Å². The molecule has 0 radical (unpaired) electrons. The number of ether oxygens (including phenoxy) is 1. The number of aliphatic hydroxyl groups is 1. The van der Waals surface area contributed by atoms with Crippen LogP contribution in [0.4, 0.5) is 5.69 Å². The summed E-state index contributed by atoms with van der Waals surface area (Å²) in [5.41, 5.74) is -0.139. The summed E-state index contributed by atoms with van der Waals surface area (Å²) in [6.07, 6.45) is -0.262. The Morgan fingerprint density at radius 3 is 2.48 bits per heavy atom. The summed E-state index contributed by atoms with van der Waals surface area (Å²) in [5, 5.41) is 11.3. The summed E-state index contributed by atoms with van der Waals surface area (Å²) < 4.78 is 5.38. The van der Waals surface area contributed by atoms with Gasteiger partial charge < -0.3 is 14.7 Å². The van der Waals surface area contributed by atoms with Gasteiger partial charge in [-0.2, -0.15) is 0 Å². The fourth-order valence-corrected chi connectivity index (χ4v) is 3.83. The predicted molar refractivity (Wildman–Crippen MR) is 99.6 cm³/mol. The van der Waals surface area contributed by atoms with Gasteiger partial charge in [-0.1, -0.05) is 48.5 Å². The van der Waals surface area contributed by atoms with Crippen LogP contribution in [0.3, 0.4) is 0 Å². The molecule has 2 N–H and O–H groups in total. The van der Waals surface area contributed by atoms with E-state index in [9.17, 15) is 14.7 Å². The van der Waals surface area contributed by atoms with E-state index < -0.39 is 11.5 Å². The van der Waals surface area contributed by atoms with Crippen LogP contribution in [-0.4, -0.2) is 49.8 Å². The summed E-state index contributed by atoms with van der Waals surface area (Å²) in [7, 11) is 0. The number of rotatable bonds is 5. The van der Waals surface area contributed by atoms with Crippen LogP contribution in [0.1, 0.15) is 22.3 Å². The molecule has 1 unspecified atom stereocenters. The molecule has 0 saturated carbocycles. The first-order valence-electron chi connectivity index (χ1n) is 9.23. The monoisotopic (exact) mass is 367 g/mol. The number of fused-ring (bicyclic) bond motifs is 1. The molecule has 6 heteroatoms. The van der Waals surface area contributed by atoms with Crippen molar-refractivity contribution in [2.75, 3.05) is 37.9 Å². The summed E-state index contributed by atoms with van der Waals surface area (Å²) in [6.45, 7) is 3.41. The Kier molecular flexibility index (Phi) is 4.78. The highest BCUT2D eigenvalue weighted by Gasteiger charge is 2.51. The van der Waals surface area contributed by atoms with E-state index in [2.05, 4.69) is 0 Å². The Morgan fingerprint density at radius 1 is 1.07 bits per heavy atom. The van der Waals surface area contributed by atoms with Gasteiger partial charge in [-0.15, -0.1) is 0 Å². The second-order valence-corrected chi connectivity index (χ2v) is 7.10. The van der Waals surface area contributed by atoms with Crippen molar-refractivity contribution in [1.29, 1.82) is 0 Å². The number of ketones is 1. The van der Waals surface area contributed by atoms with Crippen LogP contribution >= 0.6 is 0 Å². The zero-order chi connectivity index (χ0) is 18.9. The molecule has 2 heterocycles. The van der Waals surface area contributed by atoms with E-state index >= 15 is 0 Å². The summed E-state index contributed by atoms with van der Waals surface area (Å²) in [4.78, 5) is 28.8. The normalized spacial score (nSPS) is 22.7. The lowest BCUT2D eigenvalue weighted by atomic mass is 9.88. The van der Waals surface area contributed by atoms with E-state index in [0.717, 1.165) is 13.1 Å². The number of hydrogen-bond donors (Lipinski definition) is 2. The average molecular weight is 367 g/mol. The maximum atomic E-state index is 13.2. The van der Waals surface area contributed by atoms with Crippen LogP contribution in [0.25, 0.3) is 0 Å². The lowest BCUT2D eigenvalue weighted by Gasteiger charge is -2.29. The number of amides is 1. The molecule has 4 rings (SSSR count). The van der Waals surface area contributed by atoms with Gasteiger partial charge in [-0.3, -0.25) is 14.5 Å². The predicted octanol–water partition coefficient (Wildman–Crippen LogP) is 0.366. The minimum absolute atomic E-state index is 0.248. The van der Waals surface area contributed by atoms with Gasteiger partial charge in [-0.25, -0.2) is 0 Å². The molecule has 0 bridgehead atoms. The number of para-hydroxylation sites is 1. The van der Waals surface area contributed by atoms with Gasteiger partial charge in [0.2, 0.25) is 0 Å². The first kappa shape index (κ1) is 17.9. The van der Waals surface area contributed by atoms with Gasteiger partial charge in [0, 0.05) is 11.1 Å². The highest BCUT2D eigenvalue weighted by molar-refractivity contribution is 6.10. The molecular formula is C21H23N2O4+. The molecular weight excluding hydrogens is 344 g/mol. The fraction of sp³-hybridized carbons (Fsp3) is 0.333. The second-order valence-electron chi connectivity index (χ2n) is 7.10. The van der Waals surface area contributed by atoms with Gasteiger partial charge >= 0.3 is 0 Å². The number of nitrogens with zero attached hydrogens (tertiary/aromatic N) is 1. The third-order valence-electron chi connectivity index (χ3n) is 5.33. The van der Waals surface area contributed by atoms with Crippen LogP contribution in [0.5, 0.6) is 0 Å². The van der Waals surface area contributed by atoms with E-state index in [-0.39, 0.29) is 12.2 Å². The Bertz CT molecular complexity index is 848. The number of morpholine rings is 1. The zero-order valence-corrected chi connectivity index (χ0v) is 15.1. The van der Waals surface area contributed by atoms with Crippen molar-refractivity contribution in [3.63, 3.8) is 0 Å². The van der Waals surface area contributed by atoms with Crippen LogP contribution in [0.15, 0.2) is 54.6 Å². The Hall–Kier alpha value is -2.54. The van der Waals surface area contributed by atoms with Crippen molar-refractivity contribution in [2.24, 2.45) is 0 Å². The van der Waals surface area contributed by atoms with Crippen molar-refractivity contribution < 1.29 is 24.3 Å². The Morgan fingerprint density at radius 2 is 1.74 bits per heavy atom. The topological polar surface area (TPSA) is 71.3 Å². The quantitative estimate of drug-likeness (QED) is 0.749. The number of hydrogen-bond acceptors (Lipinski definition) is 4. The molecule has 6 nitrogen and oxygen atoms in total. The van der Waals surface area contributed by atoms with E-state index in [1.165, 1.54) is 4.90 Å². The molecule has 1 fully saturated rings. The number of carbonyl (C=O) groups is 2. The lowest BCUT2D eigenvalue weighted by Crippen LogP contribution is -3.15. The molecule has 140 valence electrons. The fourth-order valence-electron chi connectivity index (χ4n) is 3.83. The number of Topliss-reactive ketones (excluding diaryl/α,β-unsaturated/α-hetero) is 1. The van der Waals surface area contributed by atoms with Crippen molar-refractivity contribution in [3.8, 4) is 0 Å². The second kappa shape index (κ2) is 7.23. The third-order valence-corrected chi connectivity index (χ3v) is 5.33. The molecule has 2 aromatic carbocycles. The molecule has 1 atom stereocenters. The number of nitrogens with one attached hydrogen (secondary N) is 1. The molecule has 2 aromatic rings. The smallest absolute Gasteiger partial charge is 0.268 e. The summed E-state index contributed by atoms with van der Waals surface area (Å²) in [6, 6.07) is 16.0. The molecule has 2 aliphatic rings. The van der Waals surface area contributed by atoms with E-state index in [4.69, 9.17) is 4.74 Å². The average Bonchev–Trinajstić information content (AvgIpc) is 2.92. The molecule has 27 heavy (non-hydrogen) atoms. The SMILES string of the molecule is O=C(CC1(O)C(=O)N(C[NH+]2CCOCC2)c2ccccc21)c1ccccc1. The summed E-state index contributed by atoms with van der Waals surface area (Å²) in [5.74, 6) is -0.672. The maximum Gasteiger partial charge on any atom is 0.268 e. The van der Waals surface area contributed by atoms with Crippen LogP contribution in [0.2, 0.25) is 0 Å². The van der Waals surface area contributed by atoms with Gasteiger partial charge in [0.1, 0.15) is 13.1 Å². The molecule has 1 saturated heterocycles.